The standard InChI is InChI=1S/C12H8BrCl2NO3S/c13-7-1-4-12(17)11(5-7)16-20(18,19)8-2-3-9(14)10(15)6-8/h1-6,16-17H. The Hall–Kier alpha value is -0.950. The van der Waals surface area contributed by atoms with Crippen LogP contribution in [0, 0.1) is 0 Å². The van der Waals surface area contributed by atoms with Crippen LogP contribution in [0.15, 0.2) is 45.8 Å². The number of halogens is 3. The van der Waals surface area contributed by atoms with Gasteiger partial charge in [0.15, 0.2) is 0 Å². The van der Waals surface area contributed by atoms with Crippen LogP contribution < -0.4 is 4.72 Å². The number of hydrogen-bond acceptors (Lipinski definition) is 3. The molecule has 0 aromatic heterocycles. The predicted molar refractivity (Wildman–Crippen MR) is 83.1 cm³/mol. The molecule has 0 heterocycles. The fourth-order valence-electron chi connectivity index (χ4n) is 1.44. The van der Waals surface area contributed by atoms with Crippen LogP contribution >= 0.6 is 39.1 Å². The zero-order valence-corrected chi connectivity index (χ0v) is 13.7. The van der Waals surface area contributed by atoms with Gasteiger partial charge in [-0.25, -0.2) is 8.42 Å². The van der Waals surface area contributed by atoms with Crippen molar-refractivity contribution in [2.45, 2.75) is 4.90 Å². The van der Waals surface area contributed by atoms with Gasteiger partial charge in [0.1, 0.15) is 5.75 Å². The largest absolute Gasteiger partial charge is 0.506 e. The fourth-order valence-corrected chi connectivity index (χ4v) is 3.25. The van der Waals surface area contributed by atoms with Crippen molar-refractivity contribution in [3.63, 3.8) is 0 Å². The van der Waals surface area contributed by atoms with Crippen molar-refractivity contribution in [1.82, 2.24) is 0 Å². The Kier molecular flexibility index (Phi) is 4.49. The summed E-state index contributed by atoms with van der Waals surface area (Å²) < 4.78 is 27.3. The van der Waals surface area contributed by atoms with Crippen molar-refractivity contribution in [2.75, 3.05) is 4.72 Å². The lowest BCUT2D eigenvalue weighted by Crippen LogP contribution is -2.13. The summed E-state index contributed by atoms with van der Waals surface area (Å²) in [6, 6.07) is 8.36. The van der Waals surface area contributed by atoms with E-state index in [1.807, 2.05) is 0 Å². The molecule has 0 saturated carbocycles. The SMILES string of the molecule is O=S(=O)(Nc1cc(Br)ccc1O)c1ccc(Cl)c(Cl)c1. The van der Waals surface area contributed by atoms with Gasteiger partial charge in [-0.1, -0.05) is 39.1 Å². The van der Waals surface area contributed by atoms with Crippen LogP contribution in [0.4, 0.5) is 5.69 Å². The Bertz CT molecular complexity index is 765. The molecule has 4 nitrogen and oxygen atoms in total. The summed E-state index contributed by atoms with van der Waals surface area (Å²) in [6.45, 7) is 0. The molecular formula is C12H8BrCl2NO3S. The quantitative estimate of drug-likeness (QED) is 0.761. The zero-order valence-electron chi connectivity index (χ0n) is 9.77. The van der Waals surface area contributed by atoms with Crippen molar-refractivity contribution in [3.05, 3.63) is 50.9 Å². The highest BCUT2D eigenvalue weighted by Crippen LogP contribution is 2.30. The lowest BCUT2D eigenvalue weighted by molar-refractivity contribution is 0.477. The molecule has 2 aromatic carbocycles. The fraction of sp³-hybridized carbons (Fsp3) is 0. The minimum absolute atomic E-state index is 0.0497. The number of hydrogen-bond donors (Lipinski definition) is 2. The molecule has 0 amide bonds. The van der Waals surface area contributed by atoms with Gasteiger partial charge in [-0.2, -0.15) is 0 Å². The van der Waals surface area contributed by atoms with Crippen LogP contribution in [-0.2, 0) is 10.0 Å². The molecule has 0 aliphatic heterocycles. The third-order valence-corrected chi connectivity index (χ3v) is 5.00. The van der Waals surface area contributed by atoms with E-state index < -0.39 is 10.0 Å². The summed E-state index contributed by atoms with van der Waals surface area (Å²) in [7, 11) is -3.87. The first-order valence-electron chi connectivity index (χ1n) is 5.26. The molecule has 2 aromatic rings. The normalized spacial score (nSPS) is 11.3. The van der Waals surface area contributed by atoms with E-state index in [1.54, 1.807) is 6.07 Å². The monoisotopic (exact) mass is 395 g/mol. The van der Waals surface area contributed by atoms with Gasteiger partial charge in [-0.05, 0) is 36.4 Å². The summed E-state index contributed by atoms with van der Waals surface area (Å²) in [4.78, 5) is -0.0497. The van der Waals surface area contributed by atoms with Crippen LogP contribution in [-0.4, -0.2) is 13.5 Å². The third-order valence-electron chi connectivity index (χ3n) is 2.40. The number of sulfonamides is 1. The average molecular weight is 397 g/mol. The molecule has 0 radical (unpaired) electrons. The van der Waals surface area contributed by atoms with Crippen LogP contribution in [0.3, 0.4) is 0 Å². The number of phenolic OH excluding ortho intramolecular Hbond substituents is 1. The van der Waals surface area contributed by atoms with Gasteiger partial charge in [0.05, 0.1) is 20.6 Å². The Morgan fingerprint density at radius 2 is 1.75 bits per heavy atom. The van der Waals surface area contributed by atoms with Crippen molar-refractivity contribution >= 4 is 54.8 Å². The Morgan fingerprint density at radius 3 is 2.40 bits per heavy atom. The van der Waals surface area contributed by atoms with Gasteiger partial charge in [-0.15, -0.1) is 0 Å². The van der Waals surface area contributed by atoms with Gasteiger partial charge in [0, 0.05) is 4.47 Å². The minimum atomic E-state index is -3.87. The number of phenols is 1. The first-order valence-corrected chi connectivity index (χ1v) is 8.29. The van der Waals surface area contributed by atoms with E-state index >= 15 is 0 Å². The van der Waals surface area contributed by atoms with Crippen molar-refractivity contribution < 1.29 is 13.5 Å². The number of anilines is 1. The maximum atomic E-state index is 12.2. The third kappa shape index (κ3) is 3.38. The van der Waals surface area contributed by atoms with Crippen molar-refractivity contribution in [3.8, 4) is 5.75 Å². The zero-order chi connectivity index (χ0) is 14.9. The highest BCUT2D eigenvalue weighted by Gasteiger charge is 2.17. The van der Waals surface area contributed by atoms with Crippen molar-refractivity contribution in [1.29, 1.82) is 0 Å². The Balaban J connectivity index is 2.40. The van der Waals surface area contributed by atoms with E-state index in [0.717, 1.165) is 0 Å². The van der Waals surface area contributed by atoms with Crippen LogP contribution in [0.5, 0.6) is 5.75 Å². The van der Waals surface area contributed by atoms with Gasteiger partial charge in [0.2, 0.25) is 0 Å². The summed E-state index contributed by atoms with van der Waals surface area (Å²) >= 11 is 14.7. The maximum absolute atomic E-state index is 12.2. The second kappa shape index (κ2) is 5.81. The molecule has 0 unspecified atom stereocenters. The topological polar surface area (TPSA) is 66.4 Å². The maximum Gasteiger partial charge on any atom is 0.262 e. The highest BCUT2D eigenvalue weighted by atomic mass is 79.9. The highest BCUT2D eigenvalue weighted by molar-refractivity contribution is 9.10. The van der Waals surface area contributed by atoms with Crippen LogP contribution in [0.2, 0.25) is 10.0 Å². The number of rotatable bonds is 3. The van der Waals surface area contributed by atoms with E-state index in [2.05, 4.69) is 20.7 Å². The molecule has 0 bridgehead atoms. The molecule has 8 heteroatoms. The number of nitrogens with one attached hydrogen (secondary N) is 1. The molecule has 106 valence electrons. The summed E-state index contributed by atoms with van der Waals surface area (Å²) in [6.07, 6.45) is 0. The average Bonchev–Trinajstić information content (AvgIpc) is 2.36. The molecule has 20 heavy (non-hydrogen) atoms. The van der Waals surface area contributed by atoms with E-state index in [0.29, 0.717) is 4.47 Å². The first-order chi connectivity index (χ1) is 9.29. The first kappa shape index (κ1) is 15.4. The molecular weight excluding hydrogens is 389 g/mol. The van der Waals surface area contributed by atoms with Crippen LogP contribution in [0.1, 0.15) is 0 Å². The van der Waals surface area contributed by atoms with Gasteiger partial charge < -0.3 is 5.11 Å². The lowest BCUT2D eigenvalue weighted by Gasteiger charge is -2.10. The summed E-state index contributed by atoms with van der Waals surface area (Å²) in [5.74, 6) is -0.183. The van der Waals surface area contributed by atoms with E-state index in [1.165, 1.54) is 30.3 Å². The molecule has 0 atom stereocenters. The smallest absolute Gasteiger partial charge is 0.262 e. The summed E-state index contributed by atoms with van der Waals surface area (Å²) in [5.41, 5.74) is 0.0606. The molecule has 2 N–H and O–H groups in total. The molecule has 0 aliphatic carbocycles. The van der Waals surface area contributed by atoms with Gasteiger partial charge in [-0.3, -0.25) is 4.72 Å². The van der Waals surface area contributed by atoms with E-state index in [9.17, 15) is 13.5 Å². The van der Waals surface area contributed by atoms with E-state index in [4.69, 9.17) is 23.2 Å². The van der Waals surface area contributed by atoms with Crippen molar-refractivity contribution in [2.24, 2.45) is 0 Å². The van der Waals surface area contributed by atoms with Crippen LogP contribution in [0.25, 0.3) is 0 Å². The minimum Gasteiger partial charge on any atom is -0.506 e. The molecule has 0 aliphatic rings. The molecule has 0 fully saturated rings. The number of benzene rings is 2. The predicted octanol–water partition coefficient (Wildman–Crippen LogP) is 4.26. The molecule has 0 saturated heterocycles. The second-order valence-electron chi connectivity index (χ2n) is 3.84. The summed E-state index contributed by atoms with van der Waals surface area (Å²) in [5, 5.41) is 10.0. The second-order valence-corrected chi connectivity index (χ2v) is 7.26. The lowest BCUT2D eigenvalue weighted by atomic mass is 10.3. The van der Waals surface area contributed by atoms with E-state index in [-0.39, 0.29) is 26.4 Å². The van der Waals surface area contributed by atoms with Gasteiger partial charge >= 0.3 is 0 Å². The number of aromatic hydroxyl groups is 1. The Morgan fingerprint density at radius 1 is 1.05 bits per heavy atom. The van der Waals surface area contributed by atoms with Gasteiger partial charge in [0.25, 0.3) is 10.0 Å². The molecule has 0 spiro atoms. The Labute approximate surface area is 134 Å². The molecule has 2 rings (SSSR count).